The quantitative estimate of drug-likeness (QED) is 0.532. The molecule has 2 fully saturated rings. The molecule has 0 radical (unpaired) electrons. The van der Waals surface area contributed by atoms with Crippen molar-refractivity contribution >= 4 is 28.9 Å². The molecule has 10 nitrogen and oxygen atoms in total. The zero-order chi connectivity index (χ0) is 21.5. The zero-order valence-corrected chi connectivity index (χ0v) is 17.5. The van der Waals surface area contributed by atoms with E-state index in [9.17, 15) is 9.59 Å². The Kier molecular flexibility index (Phi) is 4.85. The summed E-state index contributed by atoms with van der Waals surface area (Å²) in [4.78, 5) is 30.2. The normalized spacial score (nSPS) is 20.3. The van der Waals surface area contributed by atoms with Crippen molar-refractivity contribution in [2.75, 3.05) is 24.8 Å². The average molecular weight is 423 g/mol. The fourth-order valence-corrected chi connectivity index (χ4v) is 3.84. The summed E-state index contributed by atoms with van der Waals surface area (Å²) in [6.45, 7) is 0. The van der Waals surface area contributed by atoms with E-state index in [2.05, 4.69) is 26.0 Å². The van der Waals surface area contributed by atoms with Crippen LogP contribution < -0.4 is 21.5 Å². The zero-order valence-electron chi connectivity index (χ0n) is 17.5. The maximum atomic E-state index is 13.0. The number of rotatable bonds is 7. The number of nitrogens with one attached hydrogen (secondary N) is 3. The van der Waals surface area contributed by atoms with Crippen molar-refractivity contribution in [1.29, 1.82) is 0 Å². The van der Waals surface area contributed by atoms with E-state index in [1.165, 1.54) is 6.20 Å². The lowest BCUT2D eigenvalue weighted by molar-refractivity contribution is 0.00522. The molecule has 10 heteroatoms. The largest absolute Gasteiger partial charge is 0.381 e. The number of carbonyl (C=O) groups is 1. The number of amides is 1. The number of carbonyl (C=O) groups excluding carboxylic acids is 1. The average Bonchev–Trinajstić information content (AvgIpc) is 3.44. The number of aromatic nitrogens is 4. The molecule has 2 saturated carbocycles. The van der Waals surface area contributed by atoms with Crippen molar-refractivity contribution in [2.24, 2.45) is 0 Å². The molecule has 3 aromatic rings. The molecule has 2 aliphatic rings. The number of anilines is 3. The summed E-state index contributed by atoms with van der Waals surface area (Å²) >= 11 is 0. The second kappa shape index (κ2) is 7.69. The Morgan fingerprint density at radius 3 is 2.81 bits per heavy atom. The Labute approximate surface area is 178 Å². The third-order valence-corrected chi connectivity index (χ3v) is 5.92. The summed E-state index contributed by atoms with van der Waals surface area (Å²) in [6.07, 6.45) is 7.17. The van der Waals surface area contributed by atoms with Gasteiger partial charge in [0.05, 0.1) is 12.3 Å². The Bertz CT molecular complexity index is 1190. The van der Waals surface area contributed by atoms with E-state index < -0.39 is 0 Å². The molecule has 3 heterocycles. The van der Waals surface area contributed by atoms with Gasteiger partial charge in [0.2, 0.25) is 0 Å². The second-order valence-corrected chi connectivity index (χ2v) is 8.06. The maximum Gasteiger partial charge on any atom is 0.274 e. The minimum atomic E-state index is -0.191. The third-order valence-electron chi connectivity index (χ3n) is 5.92. The van der Waals surface area contributed by atoms with Crippen LogP contribution in [0, 0.1) is 0 Å². The van der Waals surface area contributed by atoms with E-state index in [0.29, 0.717) is 28.5 Å². The van der Waals surface area contributed by atoms with Crippen LogP contribution in [0.5, 0.6) is 0 Å². The van der Waals surface area contributed by atoms with Gasteiger partial charge in [-0.15, -0.1) is 0 Å². The molecule has 1 amide bonds. The van der Waals surface area contributed by atoms with E-state index in [1.807, 2.05) is 6.07 Å². The molecular weight excluding hydrogens is 398 g/mol. The van der Waals surface area contributed by atoms with Crippen molar-refractivity contribution < 1.29 is 9.53 Å². The summed E-state index contributed by atoms with van der Waals surface area (Å²) in [6, 6.07) is 5.70. The molecule has 162 valence electrons. The first kappa shape index (κ1) is 19.6. The number of ether oxygens (including phenoxy) is 1. The number of methoxy groups -OCH3 is 1. The van der Waals surface area contributed by atoms with Gasteiger partial charge in [-0.05, 0) is 37.8 Å². The molecule has 0 atom stereocenters. The number of hydrogen-bond acceptors (Lipinski definition) is 7. The van der Waals surface area contributed by atoms with E-state index in [4.69, 9.17) is 4.74 Å². The van der Waals surface area contributed by atoms with Crippen LogP contribution in [0.3, 0.4) is 0 Å². The molecule has 0 spiro atoms. The molecule has 0 bridgehead atoms. The van der Waals surface area contributed by atoms with Crippen LogP contribution in [0.15, 0.2) is 35.4 Å². The highest BCUT2D eigenvalue weighted by atomic mass is 16.5. The van der Waals surface area contributed by atoms with Gasteiger partial charge in [-0.2, -0.15) is 9.61 Å². The van der Waals surface area contributed by atoms with Gasteiger partial charge >= 0.3 is 0 Å². The standard InChI is InChI=1S/C21H25N7O3/c1-22-18-10-17(26-19-15(11-23-28(18)19)20(29)24-12-5-6-12)25-16-4-3-7-27(21(16)30)13-8-14(9-13)31-2/h3-4,7,10-14,22H,5-6,8-9H2,1-2H3,(H,24,29)(H,25,26)/t13-,14+. The molecule has 0 aliphatic heterocycles. The second-order valence-electron chi connectivity index (χ2n) is 8.06. The van der Waals surface area contributed by atoms with Crippen molar-refractivity contribution in [3.63, 3.8) is 0 Å². The summed E-state index contributed by atoms with van der Waals surface area (Å²) in [5.74, 6) is 0.913. The van der Waals surface area contributed by atoms with Crippen LogP contribution in [0.25, 0.3) is 5.65 Å². The monoisotopic (exact) mass is 423 g/mol. The molecule has 3 aromatic heterocycles. The number of pyridine rings is 1. The van der Waals surface area contributed by atoms with Crippen LogP contribution in [0.4, 0.5) is 17.3 Å². The SMILES string of the molecule is CNc1cc(Nc2cccn([C@H]3C[C@@H](OC)C3)c2=O)nc2c(C(=O)NC3CC3)cnn12. The minimum Gasteiger partial charge on any atom is -0.381 e. The van der Waals surface area contributed by atoms with Crippen molar-refractivity contribution in [2.45, 2.75) is 43.9 Å². The highest BCUT2D eigenvalue weighted by molar-refractivity contribution is 6.00. The van der Waals surface area contributed by atoms with Crippen molar-refractivity contribution in [3.8, 4) is 0 Å². The topological polar surface area (TPSA) is 115 Å². The number of fused-ring (bicyclic) bond motifs is 1. The first-order chi connectivity index (χ1) is 15.1. The van der Waals surface area contributed by atoms with Crippen molar-refractivity contribution in [1.82, 2.24) is 24.5 Å². The number of nitrogens with zero attached hydrogens (tertiary/aromatic N) is 4. The Morgan fingerprint density at radius 1 is 1.29 bits per heavy atom. The lowest BCUT2D eigenvalue weighted by Gasteiger charge is -2.35. The van der Waals surface area contributed by atoms with Crippen LogP contribution in [-0.2, 0) is 4.74 Å². The van der Waals surface area contributed by atoms with Gasteiger partial charge in [0.15, 0.2) is 5.65 Å². The van der Waals surface area contributed by atoms with Crippen molar-refractivity contribution in [3.05, 3.63) is 46.5 Å². The lowest BCUT2D eigenvalue weighted by Crippen LogP contribution is -2.37. The summed E-state index contributed by atoms with van der Waals surface area (Å²) in [5, 5.41) is 13.5. The molecule has 0 unspecified atom stereocenters. The van der Waals surface area contributed by atoms with E-state index in [1.54, 1.807) is 41.6 Å². The molecule has 3 N–H and O–H groups in total. The van der Waals surface area contributed by atoms with Crippen LogP contribution in [0.2, 0.25) is 0 Å². The fraction of sp³-hybridized carbons (Fsp3) is 0.429. The van der Waals surface area contributed by atoms with E-state index in [0.717, 1.165) is 25.7 Å². The molecule has 31 heavy (non-hydrogen) atoms. The van der Waals surface area contributed by atoms with Crippen LogP contribution in [-0.4, -0.2) is 51.4 Å². The van der Waals surface area contributed by atoms with Crippen LogP contribution >= 0.6 is 0 Å². The van der Waals surface area contributed by atoms with Crippen LogP contribution in [0.1, 0.15) is 42.1 Å². The predicted octanol–water partition coefficient (Wildman–Crippen LogP) is 1.92. The van der Waals surface area contributed by atoms with Gasteiger partial charge in [-0.25, -0.2) is 4.98 Å². The highest BCUT2D eigenvalue weighted by Gasteiger charge is 2.31. The summed E-state index contributed by atoms with van der Waals surface area (Å²) < 4.78 is 8.65. The molecule has 0 aromatic carbocycles. The van der Waals surface area contributed by atoms with Gasteiger partial charge < -0.3 is 25.3 Å². The number of hydrogen-bond donors (Lipinski definition) is 3. The first-order valence-corrected chi connectivity index (χ1v) is 10.5. The summed E-state index contributed by atoms with van der Waals surface area (Å²) in [7, 11) is 3.46. The lowest BCUT2D eigenvalue weighted by atomic mass is 9.89. The van der Waals surface area contributed by atoms with Gasteiger partial charge in [-0.3, -0.25) is 9.59 Å². The first-order valence-electron chi connectivity index (χ1n) is 10.5. The molecular formula is C21H25N7O3. The van der Waals surface area contributed by atoms with Gasteiger partial charge in [-0.1, -0.05) is 0 Å². The predicted molar refractivity (Wildman–Crippen MR) is 116 cm³/mol. The van der Waals surface area contributed by atoms with Gasteiger partial charge in [0.25, 0.3) is 11.5 Å². The Hall–Kier alpha value is -3.40. The molecule has 5 rings (SSSR count). The van der Waals surface area contributed by atoms with Gasteiger partial charge in [0.1, 0.15) is 22.9 Å². The Balaban J connectivity index is 1.46. The third kappa shape index (κ3) is 3.63. The maximum absolute atomic E-state index is 13.0. The molecule has 0 saturated heterocycles. The molecule has 2 aliphatic carbocycles. The highest BCUT2D eigenvalue weighted by Crippen LogP contribution is 2.33. The minimum absolute atomic E-state index is 0.116. The smallest absolute Gasteiger partial charge is 0.274 e. The fourth-order valence-electron chi connectivity index (χ4n) is 3.84. The Morgan fingerprint density at radius 2 is 2.10 bits per heavy atom. The summed E-state index contributed by atoms with van der Waals surface area (Å²) in [5.41, 5.74) is 1.13. The van der Waals surface area contributed by atoms with Gasteiger partial charge in [0, 0.05) is 38.5 Å². The van der Waals surface area contributed by atoms with E-state index in [-0.39, 0.29) is 29.7 Å². The van der Waals surface area contributed by atoms with E-state index >= 15 is 0 Å².